The Morgan fingerprint density at radius 3 is 2.36 bits per heavy atom. The van der Waals surface area contributed by atoms with E-state index in [2.05, 4.69) is 20.6 Å². The van der Waals surface area contributed by atoms with Gasteiger partial charge in [-0.05, 0) is 54.4 Å². The molecule has 0 saturated carbocycles. The maximum absolute atomic E-state index is 12.5. The second kappa shape index (κ2) is 8.55. The molecule has 0 radical (unpaired) electrons. The van der Waals surface area contributed by atoms with Crippen LogP contribution in [0.15, 0.2) is 59.9 Å². The van der Waals surface area contributed by atoms with Gasteiger partial charge in [-0.1, -0.05) is 22.5 Å². The molecule has 3 aromatic rings. The zero-order valence-electron chi connectivity index (χ0n) is 14.9. The average Bonchev–Trinajstić information content (AvgIpc) is 3.20. The maximum Gasteiger partial charge on any atom is 0.416 e. The van der Waals surface area contributed by atoms with Gasteiger partial charge in [0.15, 0.2) is 0 Å². The minimum atomic E-state index is -4.35. The van der Waals surface area contributed by atoms with Gasteiger partial charge in [0.25, 0.3) is 0 Å². The smallest absolute Gasteiger partial charge is 0.416 e. The first-order valence-electron chi connectivity index (χ1n) is 8.32. The van der Waals surface area contributed by atoms with Crippen LogP contribution in [0.2, 0.25) is 0 Å². The fourth-order valence-corrected chi connectivity index (χ4v) is 2.29. The van der Waals surface area contributed by atoms with Crippen molar-refractivity contribution in [3.05, 3.63) is 77.1 Å². The summed E-state index contributed by atoms with van der Waals surface area (Å²) in [5.74, 6) is 0.678. The molecule has 9 heteroatoms. The molecular formula is C19H17F3N4O2. The van der Waals surface area contributed by atoms with Gasteiger partial charge in [0, 0.05) is 0 Å². The van der Waals surface area contributed by atoms with Crippen molar-refractivity contribution < 1.29 is 22.7 Å². The fourth-order valence-electron chi connectivity index (χ4n) is 2.29. The van der Waals surface area contributed by atoms with Gasteiger partial charge in [0.1, 0.15) is 19.0 Å². The Bertz CT molecular complexity index is 906. The number of oxime groups is 1. The van der Waals surface area contributed by atoms with Gasteiger partial charge >= 0.3 is 6.18 Å². The molecule has 0 aliphatic heterocycles. The summed E-state index contributed by atoms with van der Waals surface area (Å²) in [6.07, 6.45) is -2.77. The number of aromatic amines is 1. The molecule has 0 amide bonds. The van der Waals surface area contributed by atoms with Gasteiger partial charge in [0.05, 0.1) is 23.2 Å². The summed E-state index contributed by atoms with van der Waals surface area (Å²) in [5.41, 5.74) is 2.14. The third-order valence-electron chi connectivity index (χ3n) is 3.85. The van der Waals surface area contributed by atoms with Crippen LogP contribution in [0.3, 0.4) is 0 Å². The number of hydrogen-bond acceptors (Lipinski definition) is 5. The first kappa shape index (κ1) is 19.4. The number of nitrogens with zero attached hydrogens (tertiary/aromatic N) is 3. The number of halogens is 3. The van der Waals surface area contributed by atoms with Gasteiger partial charge in [-0.25, -0.2) is 0 Å². The molecule has 6 nitrogen and oxygen atoms in total. The number of hydrogen-bond donors (Lipinski definition) is 1. The minimum Gasteiger partial charge on any atom is -0.487 e. The standard InChI is InChI=1S/C19H17F3N4O2/c1-13(25-28-11-14-2-6-16(7-3-14)19(20,21)22)15-4-8-18(9-5-15)27-12-17-10-23-26-24-17/h2-10H,11-12H2,1H3,(H,23,24,26). The molecule has 0 spiro atoms. The number of nitrogens with one attached hydrogen (secondary N) is 1. The highest BCUT2D eigenvalue weighted by molar-refractivity contribution is 5.98. The molecule has 0 unspecified atom stereocenters. The van der Waals surface area contributed by atoms with E-state index in [0.717, 1.165) is 23.4 Å². The normalized spacial score (nSPS) is 12.1. The van der Waals surface area contributed by atoms with Crippen molar-refractivity contribution in [3.8, 4) is 5.75 Å². The summed E-state index contributed by atoms with van der Waals surface area (Å²) in [6.45, 7) is 2.18. The summed E-state index contributed by atoms with van der Waals surface area (Å²) < 4.78 is 43.2. The van der Waals surface area contributed by atoms with Crippen molar-refractivity contribution in [1.82, 2.24) is 15.4 Å². The molecule has 1 N–H and O–H groups in total. The van der Waals surface area contributed by atoms with E-state index in [1.165, 1.54) is 12.1 Å². The Balaban J connectivity index is 1.51. The zero-order chi connectivity index (χ0) is 20.0. The Morgan fingerprint density at radius 2 is 1.75 bits per heavy atom. The topological polar surface area (TPSA) is 72.4 Å². The van der Waals surface area contributed by atoms with E-state index in [4.69, 9.17) is 9.57 Å². The van der Waals surface area contributed by atoms with Crippen LogP contribution in [-0.4, -0.2) is 21.1 Å². The van der Waals surface area contributed by atoms with Gasteiger partial charge in [-0.2, -0.15) is 13.2 Å². The first-order chi connectivity index (χ1) is 13.4. The van der Waals surface area contributed by atoms with E-state index < -0.39 is 11.7 Å². The van der Waals surface area contributed by atoms with E-state index in [0.29, 0.717) is 23.6 Å². The largest absolute Gasteiger partial charge is 0.487 e. The number of H-pyrrole nitrogens is 1. The molecule has 0 aliphatic rings. The van der Waals surface area contributed by atoms with E-state index in [1.807, 2.05) is 12.1 Å². The van der Waals surface area contributed by atoms with Crippen LogP contribution in [0.4, 0.5) is 13.2 Å². The molecule has 146 valence electrons. The molecule has 0 fully saturated rings. The van der Waals surface area contributed by atoms with Crippen molar-refractivity contribution in [3.63, 3.8) is 0 Å². The highest BCUT2D eigenvalue weighted by atomic mass is 19.4. The van der Waals surface area contributed by atoms with E-state index in [1.54, 1.807) is 25.3 Å². The van der Waals surface area contributed by atoms with Crippen molar-refractivity contribution >= 4 is 5.71 Å². The summed E-state index contributed by atoms with van der Waals surface area (Å²) >= 11 is 0. The lowest BCUT2D eigenvalue weighted by Crippen LogP contribution is -2.04. The summed E-state index contributed by atoms with van der Waals surface area (Å²) in [6, 6.07) is 12.1. The van der Waals surface area contributed by atoms with Crippen LogP contribution >= 0.6 is 0 Å². The molecule has 1 heterocycles. The number of aromatic nitrogens is 3. The summed E-state index contributed by atoms with van der Waals surface area (Å²) in [5, 5.41) is 14.0. The molecule has 3 rings (SSSR count). The Hall–Kier alpha value is -3.36. The third-order valence-corrected chi connectivity index (χ3v) is 3.85. The van der Waals surface area contributed by atoms with E-state index in [-0.39, 0.29) is 6.61 Å². The van der Waals surface area contributed by atoms with E-state index in [9.17, 15) is 13.2 Å². The number of rotatable bonds is 7. The zero-order valence-corrected chi connectivity index (χ0v) is 14.9. The summed E-state index contributed by atoms with van der Waals surface area (Å²) in [7, 11) is 0. The molecular weight excluding hydrogens is 373 g/mol. The lowest BCUT2D eigenvalue weighted by atomic mass is 10.1. The van der Waals surface area contributed by atoms with Crippen LogP contribution in [0.25, 0.3) is 0 Å². The average molecular weight is 390 g/mol. The predicted octanol–water partition coefficient (Wildman–Crippen LogP) is 4.34. The molecule has 0 atom stereocenters. The fraction of sp³-hybridized carbons (Fsp3) is 0.211. The van der Waals surface area contributed by atoms with Gasteiger partial charge in [0.2, 0.25) is 0 Å². The van der Waals surface area contributed by atoms with Crippen molar-refractivity contribution in [2.45, 2.75) is 26.3 Å². The second-order valence-electron chi connectivity index (χ2n) is 5.94. The maximum atomic E-state index is 12.5. The van der Waals surface area contributed by atoms with Crippen LogP contribution < -0.4 is 4.74 Å². The molecule has 0 saturated heterocycles. The minimum absolute atomic E-state index is 0.0783. The van der Waals surface area contributed by atoms with Crippen LogP contribution in [0, 0.1) is 0 Å². The first-order valence-corrected chi connectivity index (χ1v) is 8.32. The number of ether oxygens (including phenoxy) is 1. The third kappa shape index (κ3) is 5.32. The monoisotopic (exact) mass is 390 g/mol. The Labute approximate surface area is 159 Å². The second-order valence-corrected chi connectivity index (χ2v) is 5.94. The van der Waals surface area contributed by atoms with Crippen LogP contribution in [-0.2, 0) is 24.2 Å². The van der Waals surface area contributed by atoms with Crippen molar-refractivity contribution in [2.24, 2.45) is 5.16 Å². The number of benzene rings is 2. The molecule has 0 aliphatic carbocycles. The van der Waals surface area contributed by atoms with Crippen molar-refractivity contribution in [1.29, 1.82) is 0 Å². The van der Waals surface area contributed by atoms with Gasteiger partial charge < -0.3 is 9.57 Å². The Morgan fingerprint density at radius 1 is 1.04 bits per heavy atom. The van der Waals surface area contributed by atoms with Crippen molar-refractivity contribution in [2.75, 3.05) is 0 Å². The highest BCUT2D eigenvalue weighted by Crippen LogP contribution is 2.29. The Kier molecular flexibility index (Phi) is 5.93. The number of alkyl halides is 3. The molecule has 28 heavy (non-hydrogen) atoms. The SMILES string of the molecule is CC(=NOCc1ccc(C(F)(F)F)cc1)c1ccc(OCc2cnn[nH]2)cc1. The van der Waals surface area contributed by atoms with Crippen LogP contribution in [0.5, 0.6) is 5.75 Å². The van der Waals surface area contributed by atoms with Gasteiger partial charge in [-0.15, -0.1) is 5.10 Å². The molecule has 2 aromatic carbocycles. The lowest BCUT2D eigenvalue weighted by Gasteiger charge is -2.08. The lowest BCUT2D eigenvalue weighted by molar-refractivity contribution is -0.137. The highest BCUT2D eigenvalue weighted by Gasteiger charge is 2.29. The molecule has 0 bridgehead atoms. The predicted molar refractivity (Wildman–Crippen MR) is 95.6 cm³/mol. The van der Waals surface area contributed by atoms with E-state index >= 15 is 0 Å². The summed E-state index contributed by atoms with van der Waals surface area (Å²) in [4.78, 5) is 5.25. The quantitative estimate of drug-likeness (QED) is 0.481. The molecule has 1 aromatic heterocycles. The van der Waals surface area contributed by atoms with Gasteiger partial charge in [-0.3, -0.25) is 5.10 Å². The van der Waals surface area contributed by atoms with Crippen LogP contribution in [0.1, 0.15) is 29.3 Å².